The summed E-state index contributed by atoms with van der Waals surface area (Å²) in [5.41, 5.74) is 3.52. The minimum Gasteiger partial charge on any atom is -0.496 e. The topological polar surface area (TPSA) is 56.9 Å². The maximum atomic E-state index is 5.51. The van der Waals surface area contributed by atoms with E-state index in [-0.39, 0.29) is 12.1 Å². The molecule has 0 aliphatic rings. The molecule has 2 heterocycles. The Morgan fingerprint density at radius 1 is 1.16 bits per heavy atom. The molecule has 2 aromatic heterocycles. The predicted molar refractivity (Wildman–Crippen MR) is 97.5 cm³/mol. The highest BCUT2D eigenvalue weighted by molar-refractivity contribution is 5.38. The summed E-state index contributed by atoms with van der Waals surface area (Å²) >= 11 is 0. The molecule has 0 fully saturated rings. The van der Waals surface area contributed by atoms with Crippen LogP contribution in [0.3, 0.4) is 0 Å². The van der Waals surface area contributed by atoms with Gasteiger partial charge in [0.15, 0.2) is 0 Å². The first-order valence-electron chi connectivity index (χ1n) is 8.45. The molecule has 25 heavy (non-hydrogen) atoms. The smallest absolute Gasteiger partial charge is 0.123 e. The second kappa shape index (κ2) is 7.53. The third kappa shape index (κ3) is 4.09. The molecule has 132 valence electrons. The van der Waals surface area contributed by atoms with Gasteiger partial charge in [0.1, 0.15) is 5.75 Å². The first-order chi connectivity index (χ1) is 12.1. The second-order valence-corrected chi connectivity index (χ2v) is 6.33. The van der Waals surface area contributed by atoms with Crippen molar-refractivity contribution in [2.45, 2.75) is 32.5 Å². The Hall–Kier alpha value is -2.60. The summed E-state index contributed by atoms with van der Waals surface area (Å²) < 4.78 is 9.24. The third-order valence-electron chi connectivity index (χ3n) is 4.42. The van der Waals surface area contributed by atoms with Gasteiger partial charge in [0.25, 0.3) is 0 Å². The number of aromatic nitrogens is 4. The number of aryl methyl sites for hydroxylation is 1. The minimum absolute atomic E-state index is 0.206. The zero-order valence-corrected chi connectivity index (χ0v) is 15.2. The van der Waals surface area contributed by atoms with Crippen LogP contribution in [-0.4, -0.2) is 26.7 Å². The summed E-state index contributed by atoms with van der Waals surface area (Å²) in [4.78, 5) is 0. The number of nitrogens with zero attached hydrogens (tertiary/aromatic N) is 4. The van der Waals surface area contributed by atoms with E-state index in [1.54, 1.807) is 13.3 Å². The number of hydrogen-bond donors (Lipinski definition) is 1. The highest BCUT2D eigenvalue weighted by atomic mass is 16.5. The highest BCUT2D eigenvalue weighted by Crippen LogP contribution is 2.26. The number of benzene rings is 1. The lowest BCUT2D eigenvalue weighted by Gasteiger charge is -2.21. The first-order valence-corrected chi connectivity index (χ1v) is 8.45. The Labute approximate surface area is 148 Å². The summed E-state index contributed by atoms with van der Waals surface area (Å²) in [5, 5.41) is 12.2. The number of hydrogen-bond acceptors (Lipinski definition) is 4. The Kier molecular flexibility index (Phi) is 5.19. The van der Waals surface area contributed by atoms with E-state index in [1.807, 2.05) is 47.1 Å². The lowest BCUT2D eigenvalue weighted by atomic mass is 10.0. The maximum Gasteiger partial charge on any atom is 0.123 e. The van der Waals surface area contributed by atoms with Gasteiger partial charge < -0.3 is 10.1 Å². The zero-order chi connectivity index (χ0) is 17.8. The Morgan fingerprint density at radius 3 is 2.60 bits per heavy atom. The molecule has 6 heteroatoms. The molecule has 0 unspecified atom stereocenters. The fraction of sp³-hybridized carbons (Fsp3) is 0.368. The average molecular weight is 339 g/mol. The van der Waals surface area contributed by atoms with Crippen LogP contribution in [0, 0.1) is 0 Å². The van der Waals surface area contributed by atoms with Crippen molar-refractivity contribution in [2.24, 2.45) is 7.05 Å². The summed E-state index contributed by atoms with van der Waals surface area (Å²) in [6, 6.07) is 8.68. The fourth-order valence-corrected chi connectivity index (χ4v) is 2.99. The predicted octanol–water partition coefficient (Wildman–Crippen LogP) is 3.09. The van der Waals surface area contributed by atoms with E-state index in [1.165, 1.54) is 11.1 Å². The molecule has 0 amide bonds. The van der Waals surface area contributed by atoms with Crippen LogP contribution < -0.4 is 10.1 Å². The fourth-order valence-electron chi connectivity index (χ4n) is 2.99. The number of rotatable bonds is 7. The molecule has 0 radical (unpaired) electrons. The van der Waals surface area contributed by atoms with E-state index in [9.17, 15) is 0 Å². The van der Waals surface area contributed by atoms with Crippen LogP contribution in [0.25, 0.3) is 0 Å². The molecule has 0 aliphatic heterocycles. The van der Waals surface area contributed by atoms with E-state index < -0.39 is 0 Å². The maximum absolute atomic E-state index is 5.51. The van der Waals surface area contributed by atoms with Crippen molar-refractivity contribution < 1.29 is 4.74 Å². The average Bonchev–Trinajstić information content (AvgIpc) is 3.26. The number of ether oxygens (including phenoxy) is 1. The first kappa shape index (κ1) is 17.2. The molecule has 3 rings (SSSR count). The summed E-state index contributed by atoms with van der Waals surface area (Å²) in [6.07, 6.45) is 7.69. The van der Waals surface area contributed by atoms with Gasteiger partial charge >= 0.3 is 0 Å². The van der Waals surface area contributed by atoms with Gasteiger partial charge in [-0.25, -0.2) is 0 Å². The summed E-state index contributed by atoms with van der Waals surface area (Å²) in [7, 11) is 3.64. The molecule has 6 nitrogen and oxygen atoms in total. The standard InChI is InChI=1S/C19H25N5O/c1-14(22-15(2)18-11-21-23(3)12-18)16-6-7-19(25-4)17(10-16)13-24-9-5-8-20-24/h5-12,14-15,22H,13H2,1-4H3/t14-,15+/m0/s1. The Morgan fingerprint density at radius 2 is 1.96 bits per heavy atom. The van der Waals surface area contributed by atoms with Gasteiger partial charge in [-0.15, -0.1) is 0 Å². The molecule has 0 saturated heterocycles. The van der Waals surface area contributed by atoms with Crippen LogP contribution in [0.4, 0.5) is 0 Å². The molecule has 2 atom stereocenters. The van der Waals surface area contributed by atoms with Gasteiger partial charge in [-0.2, -0.15) is 10.2 Å². The quantitative estimate of drug-likeness (QED) is 0.719. The van der Waals surface area contributed by atoms with Crippen LogP contribution >= 0.6 is 0 Å². The van der Waals surface area contributed by atoms with Gasteiger partial charge in [0.2, 0.25) is 0 Å². The van der Waals surface area contributed by atoms with Crippen LogP contribution in [0.1, 0.15) is 42.6 Å². The van der Waals surface area contributed by atoms with Crippen LogP contribution in [0.5, 0.6) is 5.75 Å². The SMILES string of the molecule is COc1ccc([C@H](C)N[C@H](C)c2cnn(C)c2)cc1Cn1cccn1. The van der Waals surface area contributed by atoms with Crippen molar-refractivity contribution in [3.05, 3.63) is 65.7 Å². The van der Waals surface area contributed by atoms with Crippen LogP contribution in [-0.2, 0) is 13.6 Å². The molecular formula is C19H25N5O. The van der Waals surface area contributed by atoms with Crippen LogP contribution in [0.2, 0.25) is 0 Å². The molecule has 0 aliphatic carbocycles. The zero-order valence-electron chi connectivity index (χ0n) is 15.2. The molecule has 0 bridgehead atoms. The highest BCUT2D eigenvalue weighted by Gasteiger charge is 2.14. The molecule has 1 aromatic carbocycles. The molecule has 0 saturated carbocycles. The van der Waals surface area contributed by atoms with Crippen LogP contribution in [0.15, 0.2) is 49.1 Å². The van der Waals surface area contributed by atoms with Gasteiger partial charge in [0, 0.05) is 48.8 Å². The van der Waals surface area contributed by atoms with Gasteiger partial charge in [-0.05, 0) is 37.6 Å². The van der Waals surface area contributed by atoms with Crippen molar-refractivity contribution in [1.82, 2.24) is 24.9 Å². The molecule has 1 N–H and O–H groups in total. The van der Waals surface area contributed by atoms with E-state index in [2.05, 4.69) is 41.5 Å². The minimum atomic E-state index is 0.206. The summed E-state index contributed by atoms with van der Waals surface area (Å²) in [6.45, 7) is 5.02. The monoisotopic (exact) mass is 339 g/mol. The van der Waals surface area contributed by atoms with E-state index in [0.29, 0.717) is 6.54 Å². The van der Waals surface area contributed by atoms with Gasteiger partial charge in [0.05, 0.1) is 19.9 Å². The second-order valence-electron chi connectivity index (χ2n) is 6.33. The van der Waals surface area contributed by atoms with Crippen molar-refractivity contribution in [1.29, 1.82) is 0 Å². The third-order valence-corrected chi connectivity index (χ3v) is 4.42. The molecular weight excluding hydrogens is 314 g/mol. The summed E-state index contributed by atoms with van der Waals surface area (Å²) in [5.74, 6) is 0.881. The van der Waals surface area contributed by atoms with E-state index in [0.717, 1.165) is 11.3 Å². The molecule has 3 aromatic rings. The lowest BCUT2D eigenvalue weighted by Crippen LogP contribution is -2.22. The van der Waals surface area contributed by atoms with Crippen molar-refractivity contribution >= 4 is 0 Å². The normalized spacial score (nSPS) is 13.6. The van der Waals surface area contributed by atoms with E-state index in [4.69, 9.17) is 4.74 Å². The van der Waals surface area contributed by atoms with Crippen molar-refractivity contribution in [3.63, 3.8) is 0 Å². The van der Waals surface area contributed by atoms with Gasteiger partial charge in [-0.3, -0.25) is 9.36 Å². The number of methoxy groups -OCH3 is 1. The van der Waals surface area contributed by atoms with E-state index >= 15 is 0 Å². The Bertz CT molecular complexity index is 809. The largest absolute Gasteiger partial charge is 0.496 e. The van der Waals surface area contributed by atoms with Gasteiger partial charge in [-0.1, -0.05) is 6.07 Å². The van der Waals surface area contributed by atoms with Crippen molar-refractivity contribution in [2.75, 3.05) is 7.11 Å². The lowest BCUT2D eigenvalue weighted by molar-refractivity contribution is 0.406. The molecule has 0 spiro atoms. The van der Waals surface area contributed by atoms with Crippen molar-refractivity contribution in [3.8, 4) is 5.75 Å². The Balaban J connectivity index is 1.76. The number of nitrogens with one attached hydrogen (secondary N) is 1.